The first-order valence-corrected chi connectivity index (χ1v) is 7.04. The van der Waals surface area contributed by atoms with Gasteiger partial charge in [0.25, 0.3) is 5.69 Å². The average Bonchev–Trinajstić information content (AvgIpc) is 2.85. The number of phenols is 1. The fraction of sp³-hybridized carbons (Fsp3) is 0.154. The number of aromatic hydroxyl groups is 1. The van der Waals surface area contributed by atoms with Gasteiger partial charge in [-0.15, -0.1) is 11.3 Å². The number of amides is 1. The van der Waals surface area contributed by atoms with Crippen LogP contribution >= 0.6 is 11.3 Å². The fourth-order valence-electron chi connectivity index (χ4n) is 1.63. The maximum absolute atomic E-state index is 11.6. The molecule has 0 spiro atoms. The summed E-state index contributed by atoms with van der Waals surface area (Å²) in [6.07, 6.45) is 1.23. The lowest BCUT2D eigenvalue weighted by atomic mass is 10.2. The molecule has 1 aromatic carbocycles. The van der Waals surface area contributed by atoms with Crippen molar-refractivity contribution in [3.63, 3.8) is 0 Å². The summed E-state index contributed by atoms with van der Waals surface area (Å²) in [6.45, 7) is 1.84. The highest BCUT2D eigenvalue weighted by atomic mass is 32.1. The first kappa shape index (κ1) is 15.6. The summed E-state index contributed by atoms with van der Waals surface area (Å²) in [5.74, 6) is -0.537. The number of thiazole rings is 1. The molecule has 114 valence electrons. The summed E-state index contributed by atoms with van der Waals surface area (Å²) >= 11 is 1.45. The molecule has 0 saturated heterocycles. The summed E-state index contributed by atoms with van der Waals surface area (Å²) in [5, 5.41) is 26.6. The Morgan fingerprint density at radius 3 is 3.00 bits per heavy atom. The number of hydrogen-bond acceptors (Lipinski definition) is 7. The van der Waals surface area contributed by atoms with Crippen LogP contribution in [0.5, 0.6) is 5.75 Å². The minimum Gasteiger partial charge on any atom is -0.507 e. The largest absolute Gasteiger partial charge is 0.507 e. The quantitative estimate of drug-likeness (QED) is 0.494. The van der Waals surface area contributed by atoms with Crippen LogP contribution in [0, 0.1) is 17.0 Å². The number of benzene rings is 1. The van der Waals surface area contributed by atoms with Gasteiger partial charge in [-0.1, -0.05) is 0 Å². The summed E-state index contributed by atoms with van der Waals surface area (Å²) in [4.78, 5) is 25.9. The van der Waals surface area contributed by atoms with Gasteiger partial charge in [-0.05, 0) is 13.0 Å². The fourth-order valence-corrected chi connectivity index (χ4v) is 2.24. The lowest BCUT2D eigenvalue weighted by Gasteiger charge is -1.99. The van der Waals surface area contributed by atoms with E-state index in [0.717, 1.165) is 17.3 Å². The van der Waals surface area contributed by atoms with Gasteiger partial charge in [0.15, 0.2) is 0 Å². The minimum absolute atomic E-state index is 0.0859. The Morgan fingerprint density at radius 1 is 1.59 bits per heavy atom. The molecule has 2 aromatic rings. The van der Waals surface area contributed by atoms with Gasteiger partial charge in [0.2, 0.25) is 5.91 Å². The van der Waals surface area contributed by atoms with Gasteiger partial charge in [-0.3, -0.25) is 14.9 Å². The second-order valence-corrected chi connectivity index (χ2v) is 5.39. The molecule has 9 heteroatoms. The number of hydrogen-bond donors (Lipinski definition) is 2. The summed E-state index contributed by atoms with van der Waals surface area (Å²) < 4.78 is 0. The smallest absolute Gasteiger partial charge is 0.270 e. The molecule has 2 N–H and O–H groups in total. The Morgan fingerprint density at radius 2 is 2.36 bits per heavy atom. The summed E-state index contributed by atoms with van der Waals surface area (Å²) in [7, 11) is 0. The van der Waals surface area contributed by atoms with Crippen molar-refractivity contribution in [1.82, 2.24) is 10.4 Å². The van der Waals surface area contributed by atoms with Crippen molar-refractivity contribution in [2.75, 3.05) is 0 Å². The molecule has 1 aromatic heterocycles. The highest BCUT2D eigenvalue weighted by Crippen LogP contribution is 2.21. The number of hydrazone groups is 1. The van der Waals surface area contributed by atoms with Gasteiger partial charge in [-0.25, -0.2) is 10.4 Å². The normalized spacial score (nSPS) is 10.8. The van der Waals surface area contributed by atoms with Crippen molar-refractivity contribution in [3.8, 4) is 5.75 Å². The minimum atomic E-state index is -0.583. The lowest BCUT2D eigenvalue weighted by molar-refractivity contribution is -0.384. The maximum atomic E-state index is 11.6. The third kappa shape index (κ3) is 4.09. The molecule has 0 aliphatic heterocycles. The number of aryl methyl sites for hydroxylation is 1. The second kappa shape index (κ2) is 6.76. The molecule has 8 nitrogen and oxygen atoms in total. The monoisotopic (exact) mass is 320 g/mol. The predicted octanol–water partition coefficient (Wildman–Crippen LogP) is 1.76. The highest BCUT2D eigenvalue weighted by Gasteiger charge is 2.09. The Labute approximate surface area is 129 Å². The van der Waals surface area contributed by atoms with Crippen LogP contribution in [0.25, 0.3) is 0 Å². The molecule has 1 heterocycles. The van der Waals surface area contributed by atoms with Crippen LogP contribution in [-0.2, 0) is 11.2 Å². The summed E-state index contributed by atoms with van der Waals surface area (Å²) in [6, 6.07) is 3.53. The Balaban J connectivity index is 1.98. The summed E-state index contributed by atoms with van der Waals surface area (Å²) in [5.41, 5.74) is 2.89. The number of aromatic nitrogens is 1. The van der Waals surface area contributed by atoms with Crippen LogP contribution in [0.1, 0.15) is 16.3 Å². The van der Waals surface area contributed by atoms with E-state index in [-0.39, 0.29) is 29.3 Å². The van der Waals surface area contributed by atoms with Crippen LogP contribution in [0.3, 0.4) is 0 Å². The molecular weight excluding hydrogens is 308 g/mol. The van der Waals surface area contributed by atoms with E-state index < -0.39 is 4.92 Å². The Hall–Kier alpha value is -2.81. The van der Waals surface area contributed by atoms with Crippen LogP contribution < -0.4 is 5.43 Å². The lowest BCUT2D eigenvalue weighted by Crippen LogP contribution is -2.19. The zero-order valence-corrected chi connectivity index (χ0v) is 12.3. The van der Waals surface area contributed by atoms with E-state index in [9.17, 15) is 20.0 Å². The van der Waals surface area contributed by atoms with Crippen molar-refractivity contribution in [1.29, 1.82) is 0 Å². The SMILES string of the molecule is Cc1nc(CC(=O)N/N=C\c2cc([N+](=O)[O-])ccc2O)cs1. The second-order valence-electron chi connectivity index (χ2n) is 4.33. The number of nitro benzene ring substituents is 1. The van der Waals surface area contributed by atoms with Crippen molar-refractivity contribution < 1.29 is 14.8 Å². The topological polar surface area (TPSA) is 118 Å². The molecular formula is C13H12N4O4S. The molecule has 1 amide bonds. The van der Waals surface area contributed by atoms with E-state index in [1.807, 2.05) is 6.92 Å². The molecule has 0 unspecified atom stereocenters. The van der Waals surface area contributed by atoms with E-state index in [0.29, 0.717) is 5.69 Å². The van der Waals surface area contributed by atoms with E-state index >= 15 is 0 Å². The number of carbonyl (C=O) groups excluding carboxylic acids is 1. The Kier molecular flexibility index (Phi) is 4.79. The maximum Gasteiger partial charge on any atom is 0.270 e. The van der Waals surface area contributed by atoms with Crippen LogP contribution in [0.15, 0.2) is 28.7 Å². The molecule has 0 bridgehead atoms. The number of phenolic OH excluding ortho intramolecular Hbond substituents is 1. The van der Waals surface area contributed by atoms with E-state index in [1.165, 1.54) is 23.5 Å². The third-order valence-electron chi connectivity index (χ3n) is 2.62. The zero-order chi connectivity index (χ0) is 16.1. The molecule has 0 aliphatic rings. The highest BCUT2D eigenvalue weighted by molar-refractivity contribution is 7.09. The van der Waals surface area contributed by atoms with Crippen LogP contribution in [-0.4, -0.2) is 27.1 Å². The van der Waals surface area contributed by atoms with Gasteiger partial charge >= 0.3 is 0 Å². The van der Waals surface area contributed by atoms with Crippen LogP contribution in [0.4, 0.5) is 5.69 Å². The molecule has 0 aliphatic carbocycles. The zero-order valence-electron chi connectivity index (χ0n) is 11.5. The molecule has 0 saturated carbocycles. The number of carbonyl (C=O) groups is 1. The Bertz CT molecular complexity index is 741. The number of nitrogens with one attached hydrogen (secondary N) is 1. The van der Waals surface area contributed by atoms with E-state index in [4.69, 9.17) is 0 Å². The van der Waals surface area contributed by atoms with Crippen LogP contribution in [0.2, 0.25) is 0 Å². The van der Waals surface area contributed by atoms with Gasteiger partial charge in [0, 0.05) is 23.1 Å². The van der Waals surface area contributed by atoms with Gasteiger partial charge < -0.3 is 5.11 Å². The predicted molar refractivity (Wildman–Crippen MR) is 81.1 cm³/mol. The molecule has 0 fully saturated rings. The number of non-ortho nitro benzene ring substituents is 1. The average molecular weight is 320 g/mol. The van der Waals surface area contributed by atoms with Crippen molar-refractivity contribution in [2.45, 2.75) is 13.3 Å². The first-order chi connectivity index (χ1) is 10.5. The van der Waals surface area contributed by atoms with Crippen molar-refractivity contribution in [2.24, 2.45) is 5.10 Å². The third-order valence-corrected chi connectivity index (χ3v) is 3.45. The van der Waals surface area contributed by atoms with Gasteiger partial charge in [-0.2, -0.15) is 5.10 Å². The van der Waals surface area contributed by atoms with E-state index in [1.54, 1.807) is 5.38 Å². The number of nitro groups is 1. The number of rotatable bonds is 5. The molecule has 2 rings (SSSR count). The van der Waals surface area contributed by atoms with Gasteiger partial charge in [0.1, 0.15) is 5.75 Å². The van der Waals surface area contributed by atoms with Crippen molar-refractivity contribution in [3.05, 3.63) is 50.0 Å². The molecule has 22 heavy (non-hydrogen) atoms. The first-order valence-electron chi connectivity index (χ1n) is 6.16. The van der Waals surface area contributed by atoms with Gasteiger partial charge in [0.05, 0.1) is 28.3 Å². The number of nitrogens with zero attached hydrogens (tertiary/aromatic N) is 3. The standard InChI is InChI=1S/C13H12N4O4S/c1-8-15-10(7-22-8)5-13(19)16-14-6-9-4-11(17(20)21)2-3-12(9)18/h2-4,6-7,18H,5H2,1H3,(H,16,19)/b14-6-. The molecule has 0 radical (unpaired) electrons. The van der Waals surface area contributed by atoms with Crippen molar-refractivity contribution >= 4 is 29.1 Å². The van der Waals surface area contributed by atoms with E-state index in [2.05, 4.69) is 15.5 Å². The molecule has 0 atom stereocenters.